The van der Waals surface area contributed by atoms with Crippen LogP contribution in [0.25, 0.3) is 0 Å². The van der Waals surface area contributed by atoms with E-state index < -0.39 is 0 Å². The average molecular weight is 357 g/mol. The molecule has 142 valence electrons. The van der Waals surface area contributed by atoms with Gasteiger partial charge in [-0.15, -0.1) is 0 Å². The van der Waals surface area contributed by atoms with Crippen LogP contribution in [0.1, 0.15) is 42.5 Å². The van der Waals surface area contributed by atoms with Gasteiger partial charge in [0.05, 0.1) is 0 Å². The lowest BCUT2D eigenvalue weighted by Gasteiger charge is -2.37. The fourth-order valence-electron chi connectivity index (χ4n) is 4.14. The Morgan fingerprint density at radius 3 is 2.19 bits per heavy atom. The maximum absolute atomic E-state index is 12.8. The van der Waals surface area contributed by atoms with E-state index in [1.807, 2.05) is 42.3 Å². The number of hydrogen-bond acceptors (Lipinski definition) is 3. The van der Waals surface area contributed by atoms with Crippen LogP contribution < -0.4 is 5.32 Å². The fourth-order valence-corrected chi connectivity index (χ4v) is 4.14. The highest BCUT2D eigenvalue weighted by molar-refractivity contribution is 5.94. The lowest BCUT2D eigenvalue weighted by Crippen LogP contribution is -2.46. The molecule has 0 unspecified atom stereocenters. The highest BCUT2D eigenvalue weighted by atomic mass is 16.2. The first kappa shape index (κ1) is 18.9. The van der Waals surface area contributed by atoms with Gasteiger partial charge in [0.15, 0.2) is 0 Å². The number of rotatable bonds is 5. The van der Waals surface area contributed by atoms with Gasteiger partial charge in [-0.3, -0.25) is 9.59 Å². The van der Waals surface area contributed by atoms with E-state index in [9.17, 15) is 9.59 Å². The third kappa shape index (κ3) is 4.64. The minimum atomic E-state index is 0.0850. The Morgan fingerprint density at radius 1 is 0.962 bits per heavy atom. The molecule has 0 radical (unpaired) electrons. The van der Waals surface area contributed by atoms with Gasteiger partial charge in [0.1, 0.15) is 0 Å². The number of likely N-dealkylation sites (tertiary alicyclic amines) is 2. The minimum absolute atomic E-state index is 0.0850. The van der Waals surface area contributed by atoms with Gasteiger partial charge in [0.2, 0.25) is 5.91 Å². The summed E-state index contributed by atoms with van der Waals surface area (Å²) in [7, 11) is 1.99. The Hall–Kier alpha value is -1.88. The first-order valence-electron chi connectivity index (χ1n) is 9.96. The van der Waals surface area contributed by atoms with Crippen LogP contribution in [0.3, 0.4) is 0 Å². The Bertz CT molecular complexity index is 589. The highest BCUT2D eigenvalue weighted by Gasteiger charge is 2.32. The number of benzene rings is 1. The molecule has 1 aromatic carbocycles. The number of carbonyl (C=O) groups is 2. The normalized spacial score (nSPS) is 19.6. The predicted octanol–water partition coefficient (Wildman–Crippen LogP) is 2.39. The molecule has 0 bridgehead atoms. The van der Waals surface area contributed by atoms with Crippen molar-refractivity contribution in [2.75, 3.05) is 39.8 Å². The van der Waals surface area contributed by atoms with Crippen LogP contribution in [0, 0.1) is 11.8 Å². The van der Waals surface area contributed by atoms with Crippen molar-refractivity contribution < 1.29 is 9.59 Å². The van der Waals surface area contributed by atoms with Crippen LogP contribution in [0.2, 0.25) is 0 Å². The third-order valence-corrected chi connectivity index (χ3v) is 5.88. The maximum Gasteiger partial charge on any atom is 0.253 e. The lowest BCUT2D eigenvalue weighted by atomic mass is 9.90. The van der Waals surface area contributed by atoms with Crippen LogP contribution in [0.15, 0.2) is 30.3 Å². The van der Waals surface area contributed by atoms with Crippen molar-refractivity contribution in [3.05, 3.63) is 35.9 Å². The molecule has 0 atom stereocenters. The summed E-state index contributed by atoms with van der Waals surface area (Å²) in [6.45, 7) is 4.23. The van der Waals surface area contributed by atoms with Crippen molar-refractivity contribution in [3.8, 4) is 0 Å². The maximum atomic E-state index is 12.8. The van der Waals surface area contributed by atoms with E-state index in [2.05, 4.69) is 10.2 Å². The first-order chi connectivity index (χ1) is 12.7. The van der Waals surface area contributed by atoms with Crippen LogP contribution in [-0.2, 0) is 4.79 Å². The number of amides is 2. The van der Waals surface area contributed by atoms with Crippen LogP contribution >= 0.6 is 0 Å². The summed E-state index contributed by atoms with van der Waals surface area (Å²) in [4.78, 5) is 29.3. The van der Waals surface area contributed by atoms with Gasteiger partial charge in [0.25, 0.3) is 5.91 Å². The summed E-state index contributed by atoms with van der Waals surface area (Å²) in [5.74, 6) is 1.23. The number of nitrogens with one attached hydrogen (secondary N) is 1. The van der Waals surface area contributed by atoms with Crippen LogP contribution in [0.4, 0.5) is 0 Å². The van der Waals surface area contributed by atoms with Gasteiger partial charge in [-0.2, -0.15) is 0 Å². The topological polar surface area (TPSA) is 52.7 Å². The molecule has 3 rings (SSSR count). The Labute approximate surface area is 156 Å². The Kier molecular flexibility index (Phi) is 6.67. The molecule has 26 heavy (non-hydrogen) atoms. The summed E-state index contributed by atoms with van der Waals surface area (Å²) in [6, 6.07) is 9.42. The van der Waals surface area contributed by atoms with E-state index >= 15 is 0 Å². The molecule has 1 aromatic rings. The summed E-state index contributed by atoms with van der Waals surface area (Å²) in [5.41, 5.74) is 0.737. The van der Waals surface area contributed by atoms with Gasteiger partial charge >= 0.3 is 0 Å². The smallest absolute Gasteiger partial charge is 0.253 e. The average Bonchev–Trinajstić information content (AvgIpc) is 2.72. The molecule has 2 aliphatic rings. The van der Waals surface area contributed by atoms with Gasteiger partial charge < -0.3 is 15.1 Å². The van der Waals surface area contributed by atoms with Crippen molar-refractivity contribution in [1.29, 1.82) is 0 Å². The van der Waals surface area contributed by atoms with Gasteiger partial charge in [-0.25, -0.2) is 0 Å². The molecule has 0 spiro atoms. The molecule has 2 amide bonds. The zero-order valence-corrected chi connectivity index (χ0v) is 15.8. The van der Waals surface area contributed by atoms with Gasteiger partial charge in [-0.1, -0.05) is 18.2 Å². The van der Waals surface area contributed by atoms with E-state index in [-0.39, 0.29) is 11.8 Å². The zero-order chi connectivity index (χ0) is 18.4. The second-order valence-electron chi connectivity index (χ2n) is 7.59. The Morgan fingerprint density at radius 2 is 1.58 bits per heavy atom. The number of nitrogens with zero attached hydrogens (tertiary/aromatic N) is 2. The second kappa shape index (κ2) is 9.17. The second-order valence-corrected chi connectivity index (χ2v) is 7.59. The molecule has 2 aliphatic heterocycles. The number of piperidine rings is 2. The van der Waals surface area contributed by atoms with Gasteiger partial charge in [0, 0.05) is 37.7 Å². The molecule has 0 aliphatic carbocycles. The minimum Gasteiger partial charge on any atom is -0.342 e. The predicted molar refractivity (Wildman–Crippen MR) is 103 cm³/mol. The highest BCUT2D eigenvalue weighted by Crippen LogP contribution is 2.25. The van der Waals surface area contributed by atoms with Crippen molar-refractivity contribution in [3.63, 3.8) is 0 Å². The van der Waals surface area contributed by atoms with Crippen molar-refractivity contribution in [2.24, 2.45) is 11.8 Å². The monoisotopic (exact) mass is 357 g/mol. The summed E-state index contributed by atoms with van der Waals surface area (Å²) in [5, 5.41) is 3.21. The molecule has 2 heterocycles. The van der Waals surface area contributed by atoms with Crippen LogP contribution in [-0.4, -0.2) is 61.4 Å². The summed E-state index contributed by atoms with van der Waals surface area (Å²) < 4.78 is 0. The van der Waals surface area contributed by atoms with Crippen molar-refractivity contribution in [2.45, 2.75) is 32.1 Å². The fraction of sp³-hybridized carbons (Fsp3) is 0.619. The molecule has 2 saturated heterocycles. The van der Waals surface area contributed by atoms with E-state index in [1.165, 1.54) is 6.42 Å². The molecule has 5 heteroatoms. The van der Waals surface area contributed by atoms with Crippen molar-refractivity contribution >= 4 is 11.8 Å². The molecule has 0 saturated carbocycles. The first-order valence-corrected chi connectivity index (χ1v) is 9.96. The third-order valence-electron chi connectivity index (χ3n) is 5.88. The summed E-state index contributed by atoms with van der Waals surface area (Å²) in [6.07, 6.45) is 5.03. The Balaban J connectivity index is 1.45. The number of hydrogen-bond donors (Lipinski definition) is 1. The van der Waals surface area contributed by atoms with E-state index in [1.54, 1.807) is 0 Å². The van der Waals surface area contributed by atoms with E-state index in [0.717, 1.165) is 56.8 Å². The SMILES string of the molecule is CNCCC1CCN(C(=O)C2CCN(C(=O)c3ccccc3)CC2)CC1. The lowest BCUT2D eigenvalue weighted by molar-refractivity contribution is -0.138. The zero-order valence-electron chi connectivity index (χ0n) is 15.8. The quantitative estimate of drug-likeness (QED) is 0.880. The standard InChI is InChI=1S/C21H31N3O2/c1-22-12-7-17-8-13-23(14-9-17)21(26)19-10-15-24(16-11-19)20(25)18-5-3-2-4-6-18/h2-6,17,19,22H,7-16H2,1H3. The molecule has 0 aromatic heterocycles. The molecular formula is C21H31N3O2. The molecule has 5 nitrogen and oxygen atoms in total. The number of carbonyl (C=O) groups excluding carboxylic acids is 2. The van der Waals surface area contributed by atoms with Crippen molar-refractivity contribution in [1.82, 2.24) is 15.1 Å². The van der Waals surface area contributed by atoms with Gasteiger partial charge in [-0.05, 0) is 63.7 Å². The molecule has 2 fully saturated rings. The molecule has 1 N–H and O–H groups in total. The van der Waals surface area contributed by atoms with E-state index in [4.69, 9.17) is 0 Å². The van der Waals surface area contributed by atoms with E-state index in [0.29, 0.717) is 19.0 Å². The van der Waals surface area contributed by atoms with Crippen LogP contribution in [0.5, 0.6) is 0 Å². The largest absolute Gasteiger partial charge is 0.342 e. The summed E-state index contributed by atoms with van der Waals surface area (Å²) >= 11 is 0. The molecular weight excluding hydrogens is 326 g/mol.